The fraction of sp³-hybridized carbons (Fsp3) is 0.625. The van der Waals surface area contributed by atoms with Crippen LogP contribution in [-0.4, -0.2) is 56.2 Å². The van der Waals surface area contributed by atoms with Crippen molar-refractivity contribution in [3.8, 4) is 0 Å². The Morgan fingerprint density at radius 2 is 2.18 bits per heavy atom. The molecule has 0 radical (unpaired) electrons. The van der Waals surface area contributed by atoms with Crippen molar-refractivity contribution in [1.29, 1.82) is 0 Å². The number of pyridine rings is 1. The lowest BCUT2D eigenvalue weighted by molar-refractivity contribution is -0.135. The second-order valence-electron chi connectivity index (χ2n) is 5.70. The van der Waals surface area contributed by atoms with Gasteiger partial charge < -0.3 is 14.5 Å². The second-order valence-corrected chi connectivity index (χ2v) is 6.14. The third kappa shape index (κ3) is 4.58. The van der Waals surface area contributed by atoms with Gasteiger partial charge in [0.1, 0.15) is 5.82 Å². The van der Waals surface area contributed by atoms with Gasteiger partial charge >= 0.3 is 0 Å². The number of rotatable bonds is 6. The first-order valence-electron chi connectivity index (χ1n) is 7.72. The van der Waals surface area contributed by atoms with Crippen LogP contribution in [0.1, 0.15) is 19.3 Å². The summed E-state index contributed by atoms with van der Waals surface area (Å²) in [7, 11) is 3.56. The molecule has 1 aromatic rings. The first-order valence-corrected chi connectivity index (χ1v) is 8.10. The predicted molar refractivity (Wildman–Crippen MR) is 88.3 cm³/mol. The van der Waals surface area contributed by atoms with Gasteiger partial charge in [-0.25, -0.2) is 4.98 Å². The quantitative estimate of drug-likeness (QED) is 0.754. The molecular formula is C16H24ClN3O2. The van der Waals surface area contributed by atoms with Gasteiger partial charge in [-0.05, 0) is 31.4 Å². The Bertz CT molecular complexity index is 473. The molecule has 1 saturated heterocycles. The number of ether oxygens (including phenoxy) is 1. The smallest absolute Gasteiger partial charge is 0.225 e. The molecule has 2 heterocycles. The van der Waals surface area contributed by atoms with Crippen LogP contribution in [0.3, 0.4) is 0 Å². The zero-order chi connectivity index (χ0) is 15.9. The SMILES string of the molecule is COCCCN(C)C(=O)C1CCN(c2ccc(Cl)cn2)CC1. The van der Waals surface area contributed by atoms with Crippen molar-refractivity contribution in [1.82, 2.24) is 9.88 Å². The summed E-state index contributed by atoms with van der Waals surface area (Å²) in [5, 5.41) is 0.645. The van der Waals surface area contributed by atoms with Crippen LogP contribution >= 0.6 is 11.6 Å². The monoisotopic (exact) mass is 325 g/mol. The standard InChI is InChI=1S/C16H24ClN3O2/c1-19(8-3-11-22-2)16(21)13-6-9-20(10-7-13)15-5-4-14(17)12-18-15/h4-5,12-13H,3,6-11H2,1-2H3. The molecule has 0 unspecified atom stereocenters. The molecule has 1 fully saturated rings. The number of amides is 1. The van der Waals surface area contributed by atoms with Crippen LogP contribution in [0.4, 0.5) is 5.82 Å². The van der Waals surface area contributed by atoms with Crippen molar-refractivity contribution in [3.05, 3.63) is 23.4 Å². The number of hydrogen-bond acceptors (Lipinski definition) is 4. The van der Waals surface area contributed by atoms with Crippen molar-refractivity contribution in [2.45, 2.75) is 19.3 Å². The zero-order valence-corrected chi connectivity index (χ0v) is 14.1. The van der Waals surface area contributed by atoms with E-state index in [9.17, 15) is 4.79 Å². The third-order valence-electron chi connectivity index (χ3n) is 4.10. The normalized spacial score (nSPS) is 15.9. The number of aromatic nitrogens is 1. The zero-order valence-electron chi connectivity index (χ0n) is 13.3. The van der Waals surface area contributed by atoms with E-state index in [4.69, 9.17) is 16.3 Å². The number of anilines is 1. The molecule has 0 saturated carbocycles. The lowest BCUT2D eigenvalue weighted by Crippen LogP contribution is -2.41. The maximum atomic E-state index is 12.4. The van der Waals surface area contributed by atoms with Crippen molar-refractivity contribution < 1.29 is 9.53 Å². The summed E-state index contributed by atoms with van der Waals surface area (Å²) in [5.74, 6) is 1.31. The van der Waals surface area contributed by atoms with Crippen molar-refractivity contribution in [2.24, 2.45) is 5.92 Å². The van der Waals surface area contributed by atoms with Crippen LogP contribution < -0.4 is 4.90 Å². The van der Waals surface area contributed by atoms with Crippen LogP contribution in [0.25, 0.3) is 0 Å². The van der Waals surface area contributed by atoms with E-state index in [1.165, 1.54) is 0 Å². The minimum absolute atomic E-state index is 0.121. The summed E-state index contributed by atoms with van der Waals surface area (Å²) in [6.45, 7) is 3.16. The predicted octanol–water partition coefficient (Wildman–Crippen LogP) is 2.45. The van der Waals surface area contributed by atoms with E-state index < -0.39 is 0 Å². The van der Waals surface area contributed by atoms with Gasteiger partial charge in [0.05, 0.1) is 5.02 Å². The average Bonchev–Trinajstić information content (AvgIpc) is 2.55. The van der Waals surface area contributed by atoms with Gasteiger partial charge in [0.2, 0.25) is 5.91 Å². The maximum absolute atomic E-state index is 12.4. The molecule has 0 atom stereocenters. The number of methoxy groups -OCH3 is 1. The summed E-state index contributed by atoms with van der Waals surface area (Å²) in [5.41, 5.74) is 0. The number of nitrogens with zero attached hydrogens (tertiary/aromatic N) is 3. The summed E-state index contributed by atoms with van der Waals surface area (Å²) >= 11 is 5.86. The van der Waals surface area contributed by atoms with Crippen LogP contribution in [0.2, 0.25) is 5.02 Å². The third-order valence-corrected chi connectivity index (χ3v) is 4.32. The number of piperidine rings is 1. The molecule has 0 aromatic carbocycles. The van der Waals surface area contributed by atoms with E-state index in [-0.39, 0.29) is 11.8 Å². The molecule has 1 amide bonds. The summed E-state index contributed by atoms with van der Waals surface area (Å²) in [6, 6.07) is 3.78. The van der Waals surface area contributed by atoms with Crippen LogP contribution in [-0.2, 0) is 9.53 Å². The maximum Gasteiger partial charge on any atom is 0.225 e. The number of halogens is 1. The van der Waals surface area contributed by atoms with Gasteiger partial charge in [-0.3, -0.25) is 4.79 Å². The van der Waals surface area contributed by atoms with Crippen LogP contribution in [0, 0.1) is 5.92 Å². The van der Waals surface area contributed by atoms with E-state index in [0.29, 0.717) is 11.6 Å². The Balaban J connectivity index is 1.81. The molecular weight excluding hydrogens is 302 g/mol. The van der Waals surface area contributed by atoms with E-state index in [1.54, 1.807) is 13.3 Å². The topological polar surface area (TPSA) is 45.7 Å². The van der Waals surface area contributed by atoms with Crippen LogP contribution in [0.15, 0.2) is 18.3 Å². The first kappa shape index (κ1) is 17.0. The highest BCUT2D eigenvalue weighted by atomic mass is 35.5. The van der Waals surface area contributed by atoms with Crippen molar-refractivity contribution in [2.75, 3.05) is 45.3 Å². The number of carbonyl (C=O) groups is 1. The lowest BCUT2D eigenvalue weighted by atomic mass is 9.95. The fourth-order valence-corrected chi connectivity index (χ4v) is 2.89. The molecule has 22 heavy (non-hydrogen) atoms. The number of carbonyl (C=O) groups excluding carboxylic acids is 1. The largest absolute Gasteiger partial charge is 0.385 e. The minimum Gasteiger partial charge on any atom is -0.385 e. The Kier molecular flexibility index (Phi) is 6.46. The van der Waals surface area contributed by atoms with Crippen molar-refractivity contribution in [3.63, 3.8) is 0 Å². The minimum atomic E-state index is 0.121. The fourth-order valence-electron chi connectivity index (χ4n) is 2.78. The molecule has 6 heteroatoms. The first-order chi connectivity index (χ1) is 10.6. The molecule has 0 bridgehead atoms. The van der Waals surface area contributed by atoms with Gasteiger partial charge in [-0.15, -0.1) is 0 Å². The molecule has 1 aliphatic heterocycles. The summed E-state index contributed by atoms with van der Waals surface area (Å²) in [4.78, 5) is 20.8. The van der Waals surface area contributed by atoms with E-state index >= 15 is 0 Å². The molecule has 0 spiro atoms. The summed E-state index contributed by atoms with van der Waals surface area (Å²) in [6.07, 6.45) is 4.29. The Morgan fingerprint density at radius 3 is 2.77 bits per heavy atom. The Morgan fingerprint density at radius 1 is 1.45 bits per heavy atom. The van der Waals surface area contributed by atoms with E-state index in [0.717, 1.165) is 44.7 Å². The Hall–Kier alpha value is -1.33. The highest BCUT2D eigenvalue weighted by molar-refractivity contribution is 6.30. The molecule has 1 aliphatic rings. The molecule has 2 rings (SSSR count). The lowest BCUT2D eigenvalue weighted by Gasteiger charge is -2.33. The molecule has 5 nitrogen and oxygen atoms in total. The van der Waals surface area contributed by atoms with Crippen LogP contribution in [0.5, 0.6) is 0 Å². The van der Waals surface area contributed by atoms with Gasteiger partial charge in [0.15, 0.2) is 0 Å². The highest BCUT2D eigenvalue weighted by Crippen LogP contribution is 2.23. The van der Waals surface area contributed by atoms with Gasteiger partial charge in [-0.1, -0.05) is 11.6 Å². The summed E-state index contributed by atoms with van der Waals surface area (Å²) < 4.78 is 5.03. The van der Waals surface area contributed by atoms with E-state index in [2.05, 4.69) is 9.88 Å². The molecule has 122 valence electrons. The second kappa shape index (κ2) is 8.34. The van der Waals surface area contributed by atoms with Crippen molar-refractivity contribution >= 4 is 23.3 Å². The van der Waals surface area contributed by atoms with Gasteiger partial charge in [0, 0.05) is 52.5 Å². The average molecular weight is 326 g/mol. The highest BCUT2D eigenvalue weighted by Gasteiger charge is 2.27. The van der Waals surface area contributed by atoms with Gasteiger partial charge in [-0.2, -0.15) is 0 Å². The Labute approximate surface area is 137 Å². The molecule has 0 aliphatic carbocycles. The number of hydrogen-bond donors (Lipinski definition) is 0. The van der Waals surface area contributed by atoms with Gasteiger partial charge in [0.25, 0.3) is 0 Å². The van der Waals surface area contributed by atoms with E-state index in [1.807, 2.05) is 24.1 Å². The molecule has 0 N–H and O–H groups in total. The molecule has 1 aromatic heterocycles.